The third-order valence-corrected chi connectivity index (χ3v) is 2.51. The van der Waals surface area contributed by atoms with E-state index in [-0.39, 0.29) is 0 Å². The van der Waals surface area contributed by atoms with Crippen LogP contribution < -0.4 is 4.74 Å². The number of aryl methyl sites for hydroxylation is 2. The number of halogens is 1. The largest absolute Gasteiger partial charge is 0.497 e. The Labute approximate surface area is 88.2 Å². The van der Waals surface area contributed by atoms with Crippen molar-refractivity contribution in [3.8, 4) is 5.75 Å². The first-order valence-electron chi connectivity index (χ1n) is 4.47. The zero-order valence-corrected chi connectivity index (χ0v) is 9.73. The summed E-state index contributed by atoms with van der Waals surface area (Å²) in [5, 5.41) is 1.06. The Kier molecular flexibility index (Phi) is 4.29. The first kappa shape index (κ1) is 10.6. The van der Waals surface area contributed by atoms with Crippen molar-refractivity contribution in [2.75, 3.05) is 12.4 Å². The van der Waals surface area contributed by atoms with E-state index >= 15 is 0 Å². The van der Waals surface area contributed by atoms with Crippen LogP contribution in [0, 0.1) is 6.92 Å². The van der Waals surface area contributed by atoms with E-state index in [1.807, 2.05) is 0 Å². The third-order valence-electron chi connectivity index (χ3n) is 1.95. The van der Waals surface area contributed by atoms with Gasteiger partial charge in [0.2, 0.25) is 0 Å². The molecule has 0 aliphatic heterocycles. The first-order chi connectivity index (χ1) is 6.26. The quantitative estimate of drug-likeness (QED) is 0.737. The van der Waals surface area contributed by atoms with E-state index in [2.05, 4.69) is 41.1 Å². The number of methoxy groups -OCH3 is 1. The lowest BCUT2D eigenvalue weighted by Crippen LogP contribution is -1.90. The molecule has 0 aliphatic rings. The Morgan fingerprint density at radius 2 is 2.08 bits per heavy atom. The smallest absolute Gasteiger partial charge is 0.119 e. The van der Waals surface area contributed by atoms with E-state index in [0.29, 0.717) is 0 Å². The zero-order chi connectivity index (χ0) is 9.68. The second kappa shape index (κ2) is 5.28. The van der Waals surface area contributed by atoms with Crippen LogP contribution in [0.4, 0.5) is 0 Å². The molecule has 0 heterocycles. The van der Waals surface area contributed by atoms with Crippen molar-refractivity contribution in [1.82, 2.24) is 0 Å². The van der Waals surface area contributed by atoms with Crippen LogP contribution in [0.25, 0.3) is 0 Å². The lowest BCUT2D eigenvalue weighted by atomic mass is 10.1. The van der Waals surface area contributed by atoms with Crippen molar-refractivity contribution in [2.24, 2.45) is 0 Å². The van der Waals surface area contributed by atoms with Crippen LogP contribution in [-0.4, -0.2) is 12.4 Å². The molecular weight excluding hydrogens is 228 g/mol. The predicted octanol–water partition coefficient (Wildman–Crippen LogP) is 3.33. The molecule has 1 aromatic carbocycles. The summed E-state index contributed by atoms with van der Waals surface area (Å²) in [6.45, 7) is 2.10. The summed E-state index contributed by atoms with van der Waals surface area (Å²) in [6.07, 6.45) is 2.29. The average molecular weight is 243 g/mol. The van der Waals surface area contributed by atoms with Crippen LogP contribution in [0.15, 0.2) is 18.2 Å². The molecule has 0 aromatic heterocycles. The van der Waals surface area contributed by atoms with Gasteiger partial charge in [0.05, 0.1) is 7.11 Å². The Morgan fingerprint density at radius 1 is 1.31 bits per heavy atom. The fourth-order valence-corrected chi connectivity index (χ4v) is 1.64. The second-order valence-electron chi connectivity index (χ2n) is 3.15. The highest BCUT2D eigenvalue weighted by Crippen LogP contribution is 2.17. The molecule has 0 unspecified atom stereocenters. The molecule has 1 rings (SSSR count). The van der Waals surface area contributed by atoms with Gasteiger partial charge in [0.1, 0.15) is 5.75 Å². The van der Waals surface area contributed by atoms with E-state index in [9.17, 15) is 0 Å². The zero-order valence-electron chi connectivity index (χ0n) is 8.14. The van der Waals surface area contributed by atoms with Gasteiger partial charge in [0.25, 0.3) is 0 Å². The van der Waals surface area contributed by atoms with Gasteiger partial charge in [0, 0.05) is 5.33 Å². The number of ether oxygens (including phenoxy) is 1. The molecule has 1 nitrogen and oxygen atoms in total. The maximum Gasteiger partial charge on any atom is 0.119 e. The molecule has 0 saturated heterocycles. The summed E-state index contributed by atoms with van der Waals surface area (Å²) in [5.74, 6) is 0.963. The van der Waals surface area contributed by atoms with Crippen LogP contribution in [0.2, 0.25) is 0 Å². The lowest BCUT2D eigenvalue weighted by Gasteiger charge is -2.05. The molecule has 0 fully saturated rings. The van der Waals surface area contributed by atoms with Crippen molar-refractivity contribution in [2.45, 2.75) is 19.8 Å². The highest BCUT2D eigenvalue weighted by atomic mass is 79.9. The Morgan fingerprint density at radius 3 is 2.69 bits per heavy atom. The van der Waals surface area contributed by atoms with Gasteiger partial charge < -0.3 is 4.74 Å². The van der Waals surface area contributed by atoms with E-state index < -0.39 is 0 Å². The van der Waals surface area contributed by atoms with Gasteiger partial charge >= 0.3 is 0 Å². The molecule has 0 spiro atoms. The van der Waals surface area contributed by atoms with Crippen molar-refractivity contribution in [3.05, 3.63) is 29.3 Å². The van der Waals surface area contributed by atoms with Gasteiger partial charge in [-0.2, -0.15) is 0 Å². The van der Waals surface area contributed by atoms with Crippen LogP contribution in [0.1, 0.15) is 17.5 Å². The van der Waals surface area contributed by atoms with Crippen LogP contribution >= 0.6 is 15.9 Å². The lowest BCUT2D eigenvalue weighted by molar-refractivity contribution is 0.414. The molecule has 0 N–H and O–H groups in total. The highest BCUT2D eigenvalue weighted by molar-refractivity contribution is 9.09. The van der Waals surface area contributed by atoms with Crippen molar-refractivity contribution < 1.29 is 4.74 Å². The second-order valence-corrected chi connectivity index (χ2v) is 3.94. The molecule has 0 aliphatic carbocycles. The van der Waals surface area contributed by atoms with Gasteiger partial charge in [-0.3, -0.25) is 0 Å². The van der Waals surface area contributed by atoms with E-state index in [0.717, 1.165) is 17.5 Å². The Bertz CT molecular complexity index is 271. The number of hydrogen-bond acceptors (Lipinski definition) is 1. The van der Waals surface area contributed by atoms with Gasteiger partial charge in [-0.05, 0) is 43.0 Å². The standard InChI is InChI=1S/C11H15BrO/c1-9-6-10(4-3-5-12)8-11(7-9)13-2/h6-8H,3-5H2,1-2H3. The van der Waals surface area contributed by atoms with Crippen LogP contribution in [-0.2, 0) is 6.42 Å². The van der Waals surface area contributed by atoms with Gasteiger partial charge in [-0.1, -0.05) is 22.0 Å². The van der Waals surface area contributed by atoms with E-state index in [1.54, 1.807) is 7.11 Å². The molecule has 0 amide bonds. The summed E-state index contributed by atoms with van der Waals surface area (Å²) >= 11 is 3.43. The molecule has 0 radical (unpaired) electrons. The summed E-state index contributed by atoms with van der Waals surface area (Å²) in [7, 11) is 1.71. The Hall–Kier alpha value is -0.500. The minimum absolute atomic E-state index is 0.963. The molecule has 0 atom stereocenters. The first-order valence-corrected chi connectivity index (χ1v) is 5.59. The minimum atomic E-state index is 0.963. The van der Waals surface area contributed by atoms with Crippen molar-refractivity contribution in [3.63, 3.8) is 0 Å². The van der Waals surface area contributed by atoms with Crippen LogP contribution in [0.5, 0.6) is 5.75 Å². The highest BCUT2D eigenvalue weighted by Gasteiger charge is 1.98. The topological polar surface area (TPSA) is 9.23 Å². The molecule has 1 aromatic rings. The summed E-state index contributed by atoms with van der Waals surface area (Å²) in [4.78, 5) is 0. The van der Waals surface area contributed by atoms with Gasteiger partial charge in [0.15, 0.2) is 0 Å². The van der Waals surface area contributed by atoms with Gasteiger partial charge in [-0.25, -0.2) is 0 Å². The maximum atomic E-state index is 5.20. The van der Waals surface area contributed by atoms with Crippen molar-refractivity contribution in [1.29, 1.82) is 0 Å². The van der Waals surface area contributed by atoms with Crippen molar-refractivity contribution >= 4 is 15.9 Å². The average Bonchev–Trinajstić information content (AvgIpc) is 2.14. The molecular formula is C11H15BrO. The molecule has 0 saturated carbocycles. The fourth-order valence-electron chi connectivity index (χ4n) is 1.36. The number of hydrogen-bond donors (Lipinski definition) is 0. The third kappa shape index (κ3) is 3.39. The van der Waals surface area contributed by atoms with Crippen LogP contribution in [0.3, 0.4) is 0 Å². The van der Waals surface area contributed by atoms with E-state index in [1.165, 1.54) is 17.5 Å². The number of rotatable bonds is 4. The maximum absolute atomic E-state index is 5.20. The predicted molar refractivity (Wildman–Crippen MR) is 59.8 cm³/mol. The Balaban J connectivity index is 2.76. The number of alkyl halides is 1. The number of benzene rings is 1. The van der Waals surface area contributed by atoms with E-state index in [4.69, 9.17) is 4.74 Å². The summed E-state index contributed by atoms with van der Waals surface area (Å²) in [6, 6.07) is 6.37. The SMILES string of the molecule is COc1cc(C)cc(CCCBr)c1. The summed E-state index contributed by atoms with van der Waals surface area (Å²) < 4.78 is 5.20. The summed E-state index contributed by atoms with van der Waals surface area (Å²) in [5.41, 5.74) is 2.63. The normalized spacial score (nSPS) is 10.1. The molecule has 72 valence electrons. The minimum Gasteiger partial charge on any atom is -0.497 e. The monoisotopic (exact) mass is 242 g/mol. The molecule has 2 heteroatoms. The molecule has 13 heavy (non-hydrogen) atoms. The van der Waals surface area contributed by atoms with Gasteiger partial charge in [-0.15, -0.1) is 0 Å². The fraction of sp³-hybridized carbons (Fsp3) is 0.455. The molecule has 0 bridgehead atoms.